The Hall–Kier alpha value is -1.88. The first-order valence-electron chi connectivity index (χ1n) is 8.09. The van der Waals surface area contributed by atoms with Crippen LogP contribution in [0.4, 0.5) is 4.79 Å². The number of fused-ring (bicyclic) bond motifs is 1. The lowest BCUT2D eigenvalue weighted by atomic mass is 9.87. The van der Waals surface area contributed by atoms with Crippen molar-refractivity contribution >= 4 is 11.9 Å². The highest BCUT2D eigenvalue weighted by atomic mass is 16.2. The van der Waals surface area contributed by atoms with Crippen molar-refractivity contribution in [1.82, 2.24) is 10.6 Å². The standard InChI is InChI=1S/C17H25N3O2/c1-3-11-18-17(22)19-16(21)12-20(2)15-10-6-8-13-7-4-5-9-14(13)15/h4-5,7,9,15H,3,6,8,10-12H2,1-2H3,(H2,18,19,21,22)/p+1/t15-/m1/s1. The molecule has 0 aromatic heterocycles. The van der Waals surface area contributed by atoms with E-state index in [0.29, 0.717) is 19.1 Å². The van der Waals surface area contributed by atoms with E-state index in [9.17, 15) is 9.59 Å². The second-order valence-corrected chi connectivity index (χ2v) is 5.97. The van der Waals surface area contributed by atoms with E-state index < -0.39 is 6.03 Å². The average Bonchev–Trinajstić information content (AvgIpc) is 2.52. The highest BCUT2D eigenvalue weighted by molar-refractivity contribution is 5.94. The fraction of sp³-hybridized carbons (Fsp3) is 0.529. The molecule has 1 aromatic carbocycles. The van der Waals surface area contributed by atoms with Gasteiger partial charge in [0.2, 0.25) is 0 Å². The van der Waals surface area contributed by atoms with Gasteiger partial charge in [-0.2, -0.15) is 0 Å². The Bertz CT molecular complexity index is 530. The number of urea groups is 1. The minimum absolute atomic E-state index is 0.228. The first kappa shape index (κ1) is 16.5. The minimum Gasteiger partial charge on any atom is -0.338 e. The van der Waals surface area contributed by atoms with Crippen molar-refractivity contribution in [3.05, 3.63) is 35.4 Å². The second kappa shape index (κ2) is 7.94. The van der Waals surface area contributed by atoms with Gasteiger partial charge in [0, 0.05) is 18.5 Å². The van der Waals surface area contributed by atoms with E-state index in [1.807, 2.05) is 14.0 Å². The highest BCUT2D eigenvalue weighted by Gasteiger charge is 2.28. The summed E-state index contributed by atoms with van der Waals surface area (Å²) in [5.41, 5.74) is 2.73. The number of amides is 3. The zero-order valence-corrected chi connectivity index (χ0v) is 13.4. The molecule has 5 nitrogen and oxygen atoms in total. The van der Waals surface area contributed by atoms with Crippen LogP contribution in [0.2, 0.25) is 0 Å². The fourth-order valence-electron chi connectivity index (χ4n) is 3.10. The molecule has 5 heteroatoms. The molecular weight excluding hydrogens is 278 g/mol. The van der Waals surface area contributed by atoms with Crippen molar-refractivity contribution in [2.45, 2.75) is 38.6 Å². The number of quaternary nitrogens is 1. The topological polar surface area (TPSA) is 62.6 Å². The quantitative estimate of drug-likeness (QED) is 0.754. The number of aryl methyl sites for hydroxylation is 1. The number of rotatable bonds is 5. The maximum absolute atomic E-state index is 12.0. The fourth-order valence-corrected chi connectivity index (χ4v) is 3.10. The van der Waals surface area contributed by atoms with Gasteiger partial charge in [0.05, 0.1) is 7.05 Å². The number of likely N-dealkylation sites (N-methyl/N-ethyl adjacent to an activating group) is 1. The van der Waals surface area contributed by atoms with Crippen molar-refractivity contribution in [2.75, 3.05) is 20.1 Å². The normalized spacial score (nSPS) is 18.2. The van der Waals surface area contributed by atoms with Crippen molar-refractivity contribution in [3.8, 4) is 0 Å². The van der Waals surface area contributed by atoms with Crippen molar-refractivity contribution in [3.63, 3.8) is 0 Å². The van der Waals surface area contributed by atoms with Crippen LogP contribution < -0.4 is 15.5 Å². The van der Waals surface area contributed by atoms with E-state index in [1.54, 1.807) is 0 Å². The number of imide groups is 1. The molecule has 3 amide bonds. The molecule has 1 aliphatic rings. The van der Waals surface area contributed by atoms with Gasteiger partial charge in [0.1, 0.15) is 6.04 Å². The number of nitrogens with one attached hydrogen (secondary N) is 3. The SMILES string of the molecule is CCCNC(=O)NC(=O)C[NH+](C)[C@@H]1CCCc2ccccc21. The molecule has 0 saturated carbocycles. The summed E-state index contributed by atoms with van der Waals surface area (Å²) in [5.74, 6) is -0.228. The zero-order valence-electron chi connectivity index (χ0n) is 13.4. The lowest BCUT2D eigenvalue weighted by Crippen LogP contribution is -3.10. The Morgan fingerprint density at radius 1 is 1.32 bits per heavy atom. The van der Waals surface area contributed by atoms with Gasteiger partial charge in [-0.25, -0.2) is 4.79 Å². The van der Waals surface area contributed by atoms with Crippen LogP contribution in [0, 0.1) is 0 Å². The molecule has 0 heterocycles. The summed E-state index contributed by atoms with van der Waals surface area (Å²) >= 11 is 0. The van der Waals surface area contributed by atoms with Gasteiger partial charge in [-0.1, -0.05) is 31.2 Å². The third-order valence-electron chi connectivity index (χ3n) is 4.19. The molecule has 2 rings (SSSR count). The molecule has 1 aromatic rings. The van der Waals surface area contributed by atoms with Gasteiger partial charge in [0.25, 0.3) is 5.91 Å². The van der Waals surface area contributed by atoms with Gasteiger partial charge in [-0.3, -0.25) is 10.1 Å². The van der Waals surface area contributed by atoms with Gasteiger partial charge < -0.3 is 10.2 Å². The third kappa shape index (κ3) is 4.31. The summed E-state index contributed by atoms with van der Waals surface area (Å²) in [5, 5.41) is 5.05. The van der Waals surface area contributed by atoms with Crippen LogP contribution in [0.5, 0.6) is 0 Å². The van der Waals surface area contributed by atoms with Crippen LogP contribution in [0.15, 0.2) is 24.3 Å². The van der Waals surface area contributed by atoms with E-state index in [2.05, 4.69) is 34.9 Å². The van der Waals surface area contributed by atoms with Crippen LogP contribution in [0.25, 0.3) is 0 Å². The molecule has 0 bridgehead atoms. The Kier molecular flexibility index (Phi) is 5.95. The van der Waals surface area contributed by atoms with E-state index in [1.165, 1.54) is 11.1 Å². The largest absolute Gasteiger partial charge is 0.338 e. The summed E-state index contributed by atoms with van der Waals surface area (Å²) in [7, 11) is 2.02. The molecule has 0 spiro atoms. The smallest absolute Gasteiger partial charge is 0.321 e. The third-order valence-corrected chi connectivity index (χ3v) is 4.19. The summed E-state index contributed by atoms with van der Waals surface area (Å²) in [6.45, 7) is 2.86. The minimum atomic E-state index is -0.399. The zero-order chi connectivity index (χ0) is 15.9. The lowest BCUT2D eigenvalue weighted by Gasteiger charge is -2.30. The Labute approximate surface area is 132 Å². The predicted molar refractivity (Wildman–Crippen MR) is 85.7 cm³/mol. The summed E-state index contributed by atoms with van der Waals surface area (Å²) in [6.07, 6.45) is 4.20. The van der Waals surface area contributed by atoms with Crippen molar-refractivity contribution in [2.24, 2.45) is 0 Å². The second-order valence-electron chi connectivity index (χ2n) is 5.97. The number of hydrogen-bond acceptors (Lipinski definition) is 2. The number of carbonyl (C=O) groups is 2. The van der Waals surface area contributed by atoms with E-state index in [4.69, 9.17) is 0 Å². The molecular formula is C17H26N3O2+. The van der Waals surface area contributed by atoms with E-state index in [0.717, 1.165) is 30.6 Å². The Balaban J connectivity index is 1.91. The lowest BCUT2D eigenvalue weighted by molar-refractivity contribution is -0.905. The monoisotopic (exact) mass is 304 g/mol. The van der Waals surface area contributed by atoms with Crippen LogP contribution in [-0.4, -0.2) is 32.1 Å². The molecule has 22 heavy (non-hydrogen) atoms. The van der Waals surface area contributed by atoms with Gasteiger partial charge >= 0.3 is 6.03 Å². The van der Waals surface area contributed by atoms with E-state index >= 15 is 0 Å². The van der Waals surface area contributed by atoms with Crippen molar-refractivity contribution < 1.29 is 14.5 Å². The molecule has 0 fully saturated rings. The summed E-state index contributed by atoms with van der Waals surface area (Å²) < 4.78 is 0. The number of benzene rings is 1. The molecule has 3 N–H and O–H groups in total. The molecule has 2 atom stereocenters. The van der Waals surface area contributed by atoms with Crippen LogP contribution in [-0.2, 0) is 11.2 Å². The molecule has 120 valence electrons. The van der Waals surface area contributed by atoms with Crippen LogP contribution in [0.1, 0.15) is 43.4 Å². The predicted octanol–water partition coefficient (Wildman–Crippen LogP) is 0.815. The first-order valence-corrected chi connectivity index (χ1v) is 8.09. The maximum Gasteiger partial charge on any atom is 0.321 e. The molecule has 0 saturated heterocycles. The highest BCUT2D eigenvalue weighted by Crippen LogP contribution is 2.27. The number of carbonyl (C=O) groups excluding carboxylic acids is 2. The summed E-state index contributed by atoms with van der Waals surface area (Å²) in [4.78, 5) is 24.6. The molecule has 0 aliphatic heterocycles. The Morgan fingerprint density at radius 2 is 2.09 bits per heavy atom. The summed E-state index contributed by atoms with van der Waals surface area (Å²) in [6, 6.07) is 8.39. The van der Waals surface area contributed by atoms with Gasteiger partial charge in [0.15, 0.2) is 6.54 Å². The maximum atomic E-state index is 12.0. The van der Waals surface area contributed by atoms with E-state index in [-0.39, 0.29) is 5.91 Å². The van der Waals surface area contributed by atoms with Gasteiger partial charge in [-0.05, 0) is 24.8 Å². The first-order chi connectivity index (χ1) is 10.6. The molecule has 0 radical (unpaired) electrons. The Morgan fingerprint density at radius 3 is 2.86 bits per heavy atom. The number of hydrogen-bond donors (Lipinski definition) is 3. The van der Waals surface area contributed by atoms with Gasteiger partial charge in [-0.15, -0.1) is 0 Å². The molecule has 1 unspecified atom stereocenters. The van der Waals surface area contributed by atoms with Crippen LogP contribution >= 0.6 is 0 Å². The average molecular weight is 304 g/mol. The van der Waals surface area contributed by atoms with Crippen LogP contribution in [0.3, 0.4) is 0 Å². The van der Waals surface area contributed by atoms with Crippen molar-refractivity contribution in [1.29, 1.82) is 0 Å². The molecule has 1 aliphatic carbocycles.